The molecule has 0 aromatic heterocycles. The van der Waals surface area contributed by atoms with Crippen molar-refractivity contribution in [1.29, 1.82) is 0 Å². The molecule has 0 bridgehead atoms. The molecule has 0 aliphatic heterocycles. The lowest BCUT2D eigenvalue weighted by molar-refractivity contribution is -0.0328. The van der Waals surface area contributed by atoms with Gasteiger partial charge in [-0.25, -0.2) is 4.39 Å². The smallest absolute Gasteiger partial charge is 0.314 e. The maximum Gasteiger partial charge on any atom is 0.441 e. The first kappa shape index (κ1) is 16.6. The van der Waals surface area contributed by atoms with Gasteiger partial charge in [0.1, 0.15) is 5.82 Å². The van der Waals surface area contributed by atoms with Crippen molar-refractivity contribution in [3.63, 3.8) is 0 Å². The van der Waals surface area contributed by atoms with Crippen LogP contribution in [0.2, 0.25) is 0 Å². The molecule has 1 N–H and O–H groups in total. The van der Waals surface area contributed by atoms with Gasteiger partial charge in [0.05, 0.1) is 0 Å². The van der Waals surface area contributed by atoms with Crippen LogP contribution in [0.25, 0.3) is 0 Å². The van der Waals surface area contributed by atoms with Crippen LogP contribution in [-0.4, -0.2) is 23.8 Å². The van der Waals surface area contributed by atoms with Gasteiger partial charge in [0.2, 0.25) is 0 Å². The van der Waals surface area contributed by atoms with Crippen LogP contribution in [0.15, 0.2) is 24.3 Å². The Hall–Kier alpha value is -0.750. The monoisotopic (exact) mass is 321 g/mol. The molecule has 118 valence electrons. The quantitative estimate of drug-likeness (QED) is 0.713. The van der Waals surface area contributed by atoms with Crippen LogP contribution in [0, 0.1) is 11.7 Å². The minimum absolute atomic E-state index is 0.0370. The van der Waals surface area contributed by atoms with Gasteiger partial charge in [-0.2, -0.15) is 13.2 Å². The number of benzene rings is 1. The second kappa shape index (κ2) is 7.49. The fourth-order valence-electron chi connectivity index (χ4n) is 2.19. The van der Waals surface area contributed by atoms with Gasteiger partial charge in [-0.3, -0.25) is 0 Å². The summed E-state index contributed by atoms with van der Waals surface area (Å²) in [5.74, 6) is -0.0771. The molecule has 1 atom stereocenters. The van der Waals surface area contributed by atoms with Crippen molar-refractivity contribution >= 4 is 11.8 Å². The first-order valence-corrected chi connectivity index (χ1v) is 8.09. The molecule has 0 amide bonds. The van der Waals surface area contributed by atoms with E-state index in [1.54, 1.807) is 12.1 Å². The molecule has 1 fully saturated rings. The lowest BCUT2D eigenvalue weighted by Crippen LogP contribution is -2.26. The maximum atomic E-state index is 12.9. The van der Waals surface area contributed by atoms with Crippen molar-refractivity contribution in [1.82, 2.24) is 5.32 Å². The molecule has 0 radical (unpaired) electrons. The zero-order valence-electron chi connectivity index (χ0n) is 11.6. The minimum atomic E-state index is -4.16. The molecule has 1 unspecified atom stereocenters. The summed E-state index contributed by atoms with van der Waals surface area (Å²) in [6.45, 7) is 0.723. The summed E-state index contributed by atoms with van der Waals surface area (Å²) in [4.78, 5) is 0. The van der Waals surface area contributed by atoms with Crippen LogP contribution < -0.4 is 5.32 Å². The SMILES string of the molecule is Fc1ccc(CC(CCSC(F)(F)F)CNC2CC2)cc1. The Morgan fingerprint density at radius 1 is 1.19 bits per heavy atom. The van der Waals surface area contributed by atoms with Crippen molar-refractivity contribution in [2.45, 2.75) is 37.2 Å². The molecular weight excluding hydrogens is 302 g/mol. The third kappa shape index (κ3) is 7.18. The average molecular weight is 321 g/mol. The van der Waals surface area contributed by atoms with Gasteiger partial charge < -0.3 is 5.32 Å². The van der Waals surface area contributed by atoms with E-state index in [0.29, 0.717) is 18.9 Å². The molecule has 1 aliphatic rings. The first-order chi connectivity index (χ1) is 9.92. The van der Waals surface area contributed by atoms with E-state index in [4.69, 9.17) is 0 Å². The fourth-order valence-corrected chi connectivity index (χ4v) is 2.87. The van der Waals surface area contributed by atoms with Crippen LogP contribution >= 0.6 is 11.8 Å². The summed E-state index contributed by atoms with van der Waals surface area (Å²) in [5, 5.41) is 3.37. The molecule has 1 aromatic rings. The number of hydrogen-bond acceptors (Lipinski definition) is 2. The number of halogens is 4. The summed E-state index contributed by atoms with van der Waals surface area (Å²) in [6.07, 6.45) is 3.49. The number of alkyl halides is 3. The van der Waals surface area contributed by atoms with Crippen LogP contribution in [-0.2, 0) is 6.42 Å². The van der Waals surface area contributed by atoms with Gasteiger partial charge >= 0.3 is 5.51 Å². The predicted molar refractivity (Wildman–Crippen MR) is 77.7 cm³/mol. The Labute approximate surface area is 126 Å². The molecule has 0 saturated heterocycles. The number of rotatable bonds is 8. The van der Waals surface area contributed by atoms with Gasteiger partial charge in [-0.15, -0.1) is 0 Å². The number of hydrogen-bond donors (Lipinski definition) is 1. The largest absolute Gasteiger partial charge is 0.441 e. The average Bonchev–Trinajstić information content (AvgIpc) is 3.21. The molecule has 0 spiro atoms. The molecule has 1 aromatic carbocycles. The highest BCUT2D eigenvalue weighted by molar-refractivity contribution is 8.00. The van der Waals surface area contributed by atoms with Gasteiger partial charge in [0.25, 0.3) is 0 Å². The third-order valence-electron chi connectivity index (χ3n) is 3.50. The predicted octanol–water partition coefficient (Wildman–Crippen LogP) is 4.38. The maximum absolute atomic E-state index is 12.9. The first-order valence-electron chi connectivity index (χ1n) is 7.11. The van der Waals surface area contributed by atoms with Crippen molar-refractivity contribution in [2.75, 3.05) is 12.3 Å². The minimum Gasteiger partial charge on any atom is -0.314 e. The number of nitrogens with one attached hydrogen (secondary N) is 1. The Bertz CT molecular complexity index is 428. The van der Waals surface area contributed by atoms with E-state index in [1.807, 2.05) is 0 Å². The van der Waals surface area contributed by atoms with Crippen LogP contribution in [0.4, 0.5) is 17.6 Å². The van der Waals surface area contributed by atoms with Gasteiger partial charge in [-0.05, 0) is 55.8 Å². The molecule has 1 aliphatic carbocycles. The highest BCUT2D eigenvalue weighted by atomic mass is 32.2. The molecule has 0 heterocycles. The Balaban J connectivity index is 1.82. The summed E-state index contributed by atoms with van der Waals surface area (Å²) in [6, 6.07) is 6.74. The van der Waals surface area contributed by atoms with Gasteiger partial charge in [-0.1, -0.05) is 23.9 Å². The van der Waals surface area contributed by atoms with Crippen molar-refractivity contribution in [3.05, 3.63) is 35.6 Å². The highest BCUT2D eigenvalue weighted by Crippen LogP contribution is 2.31. The van der Waals surface area contributed by atoms with E-state index in [2.05, 4.69) is 5.32 Å². The zero-order chi connectivity index (χ0) is 15.3. The standard InChI is InChI=1S/C15H19F4NS/c16-13-3-1-11(2-4-13)9-12(10-20-14-5-6-14)7-8-21-15(17,18)19/h1-4,12,14,20H,5-10H2. The summed E-state index contributed by atoms with van der Waals surface area (Å²) in [7, 11) is 0. The van der Waals surface area contributed by atoms with E-state index in [0.717, 1.165) is 24.9 Å². The molecule has 6 heteroatoms. The summed E-state index contributed by atoms with van der Waals surface area (Å²) < 4.78 is 49.5. The van der Waals surface area contributed by atoms with E-state index >= 15 is 0 Å². The van der Waals surface area contributed by atoms with Crippen molar-refractivity contribution in [2.24, 2.45) is 5.92 Å². The van der Waals surface area contributed by atoms with E-state index in [-0.39, 0.29) is 29.2 Å². The van der Waals surface area contributed by atoms with Gasteiger partial charge in [0, 0.05) is 11.8 Å². The lowest BCUT2D eigenvalue weighted by atomic mass is 9.96. The summed E-state index contributed by atoms with van der Waals surface area (Å²) >= 11 is 0.0370. The second-order valence-corrected chi connectivity index (χ2v) is 6.62. The van der Waals surface area contributed by atoms with Crippen molar-refractivity contribution in [3.8, 4) is 0 Å². The lowest BCUT2D eigenvalue weighted by Gasteiger charge is -2.18. The van der Waals surface area contributed by atoms with Crippen LogP contribution in [0.5, 0.6) is 0 Å². The molecular formula is C15H19F4NS. The summed E-state index contributed by atoms with van der Waals surface area (Å²) in [5.41, 5.74) is -3.19. The number of thioether (sulfide) groups is 1. The Morgan fingerprint density at radius 3 is 2.43 bits per heavy atom. The third-order valence-corrected chi connectivity index (χ3v) is 4.27. The van der Waals surface area contributed by atoms with E-state index < -0.39 is 5.51 Å². The molecule has 1 saturated carbocycles. The normalized spacial score (nSPS) is 17.0. The van der Waals surface area contributed by atoms with Gasteiger partial charge in [0.15, 0.2) is 0 Å². The zero-order valence-corrected chi connectivity index (χ0v) is 12.4. The molecule has 21 heavy (non-hydrogen) atoms. The van der Waals surface area contributed by atoms with Crippen molar-refractivity contribution < 1.29 is 17.6 Å². The second-order valence-electron chi connectivity index (χ2n) is 5.46. The fraction of sp³-hybridized carbons (Fsp3) is 0.600. The Morgan fingerprint density at radius 2 is 1.86 bits per heavy atom. The highest BCUT2D eigenvalue weighted by Gasteiger charge is 2.28. The van der Waals surface area contributed by atoms with Crippen LogP contribution in [0.3, 0.4) is 0 Å². The molecule has 1 nitrogen and oxygen atoms in total. The van der Waals surface area contributed by atoms with Crippen LogP contribution in [0.1, 0.15) is 24.8 Å². The van der Waals surface area contributed by atoms with E-state index in [9.17, 15) is 17.6 Å². The Kier molecular flexibility index (Phi) is 5.93. The molecule has 2 rings (SSSR count). The van der Waals surface area contributed by atoms with E-state index in [1.165, 1.54) is 12.1 Å². The topological polar surface area (TPSA) is 12.0 Å².